The van der Waals surface area contributed by atoms with Gasteiger partial charge in [-0.05, 0) is 31.2 Å². The van der Waals surface area contributed by atoms with Crippen LogP contribution in [0.1, 0.15) is 54.9 Å². The summed E-state index contributed by atoms with van der Waals surface area (Å²) >= 11 is 0. The van der Waals surface area contributed by atoms with Gasteiger partial charge in [-0.1, -0.05) is 47.7 Å². The maximum Gasteiger partial charge on any atom is 0.0900 e. The summed E-state index contributed by atoms with van der Waals surface area (Å²) in [5.41, 5.74) is 0. The average molecular weight is 244 g/mol. The Morgan fingerprint density at radius 2 is 1.44 bits per heavy atom. The standard InChI is InChI=1S/C14H32OSi/c1-12(2)10-11-15-14(6,7)16(8,9)13(3,4)5/h12H,10-11H2,1-9H3. The number of ether oxygens (including phenoxy) is 1. The molecule has 0 amide bonds. The second-order valence-corrected chi connectivity index (χ2v) is 13.4. The van der Waals surface area contributed by atoms with Crippen LogP contribution in [0.4, 0.5) is 0 Å². The first-order valence-electron chi connectivity index (χ1n) is 6.56. The molecule has 0 fully saturated rings. The first kappa shape index (κ1) is 16.2. The lowest BCUT2D eigenvalue weighted by Gasteiger charge is -2.48. The summed E-state index contributed by atoms with van der Waals surface area (Å²) in [6.07, 6.45) is 1.16. The fourth-order valence-corrected chi connectivity index (χ4v) is 3.90. The lowest BCUT2D eigenvalue weighted by Crippen LogP contribution is -2.57. The Balaban J connectivity index is 4.53. The summed E-state index contributed by atoms with van der Waals surface area (Å²) in [6.45, 7) is 21.9. The second-order valence-electron chi connectivity index (χ2n) is 7.42. The predicted octanol–water partition coefficient (Wildman–Crippen LogP) is 4.88. The van der Waals surface area contributed by atoms with Crippen molar-refractivity contribution in [2.75, 3.05) is 6.61 Å². The molecule has 1 nitrogen and oxygen atoms in total. The highest BCUT2D eigenvalue weighted by Gasteiger charge is 2.48. The molecule has 0 unspecified atom stereocenters. The van der Waals surface area contributed by atoms with Gasteiger partial charge in [-0.3, -0.25) is 0 Å². The normalized spacial score (nSPS) is 14.6. The maximum absolute atomic E-state index is 6.19. The molecule has 0 aliphatic heterocycles. The van der Waals surface area contributed by atoms with Crippen LogP contribution in [0.25, 0.3) is 0 Å². The van der Waals surface area contributed by atoms with E-state index in [0.29, 0.717) is 5.04 Å². The third-order valence-corrected chi connectivity index (χ3v) is 11.4. The Hall–Kier alpha value is 0.177. The van der Waals surface area contributed by atoms with Crippen molar-refractivity contribution in [3.05, 3.63) is 0 Å². The summed E-state index contributed by atoms with van der Waals surface area (Å²) < 4.78 is 6.19. The topological polar surface area (TPSA) is 9.23 Å². The van der Waals surface area contributed by atoms with Crippen molar-refractivity contribution >= 4 is 8.07 Å². The second kappa shape index (κ2) is 5.22. The maximum atomic E-state index is 6.19. The van der Waals surface area contributed by atoms with Gasteiger partial charge in [0.2, 0.25) is 0 Å². The zero-order valence-corrected chi connectivity index (χ0v) is 13.9. The van der Waals surface area contributed by atoms with Gasteiger partial charge < -0.3 is 4.74 Å². The molecule has 0 aromatic rings. The van der Waals surface area contributed by atoms with Crippen molar-refractivity contribution in [3.8, 4) is 0 Å². The molecule has 0 rings (SSSR count). The Kier molecular flexibility index (Phi) is 5.28. The number of rotatable bonds is 5. The number of hydrogen-bond acceptors (Lipinski definition) is 1. The van der Waals surface area contributed by atoms with E-state index in [0.717, 1.165) is 18.9 Å². The molecule has 0 saturated carbocycles. The van der Waals surface area contributed by atoms with Crippen molar-refractivity contribution < 1.29 is 4.74 Å². The summed E-state index contributed by atoms with van der Waals surface area (Å²) in [4.78, 5) is 0. The highest BCUT2D eigenvalue weighted by atomic mass is 28.3. The van der Waals surface area contributed by atoms with E-state index in [-0.39, 0.29) is 5.22 Å². The lowest BCUT2D eigenvalue weighted by molar-refractivity contribution is 0.0276. The van der Waals surface area contributed by atoms with Gasteiger partial charge >= 0.3 is 0 Å². The molecule has 0 aromatic heterocycles. The first-order chi connectivity index (χ1) is 6.92. The molecule has 0 saturated heterocycles. The summed E-state index contributed by atoms with van der Waals surface area (Å²) in [5.74, 6) is 0.732. The molecule has 0 aliphatic rings. The van der Waals surface area contributed by atoms with Gasteiger partial charge in [0.05, 0.1) is 13.3 Å². The fourth-order valence-electron chi connectivity index (χ4n) is 1.63. The summed E-state index contributed by atoms with van der Waals surface area (Å²) in [5, 5.41) is 0.439. The number of hydrogen-bond donors (Lipinski definition) is 0. The van der Waals surface area contributed by atoms with Crippen molar-refractivity contribution in [1.29, 1.82) is 0 Å². The monoisotopic (exact) mass is 244 g/mol. The lowest BCUT2D eigenvalue weighted by atomic mass is 10.1. The zero-order valence-electron chi connectivity index (χ0n) is 12.9. The minimum Gasteiger partial charge on any atom is -0.379 e. The van der Waals surface area contributed by atoms with Crippen molar-refractivity contribution in [3.63, 3.8) is 0 Å². The van der Waals surface area contributed by atoms with Crippen LogP contribution in [0.15, 0.2) is 0 Å². The van der Waals surface area contributed by atoms with Gasteiger partial charge in [0, 0.05) is 6.61 Å². The SMILES string of the molecule is CC(C)CCOC(C)(C)[Si](C)(C)C(C)(C)C. The molecular weight excluding hydrogens is 212 g/mol. The fraction of sp³-hybridized carbons (Fsp3) is 1.00. The summed E-state index contributed by atoms with van der Waals surface area (Å²) in [6, 6.07) is 0. The smallest absolute Gasteiger partial charge is 0.0900 e. The molecule has 0 aromatic carbocycles. The highest BCUT2D eigenvalue weighted by molar-refractivity contribution is 6.82. The Morgan fingerprint density at radius 3 is 1.75 bits per heavy atom. The molecule has 0 heterocycles. The average Bonchev–Trinajstić information content (AvgIpc) is 2.00. The molecule has 0 spiro atoms. The van der Waals surface area contributed by atoms with Crippen molar-refractivity contribution in [2.45, 2.75) is 78.2 Å². The van der Waals surface area contributed by atoms with Crippen LogP contribution in [0.2, 0.25) is 18.1 Å². The van der Waals surface area contributed by atoms with E-state index in [1.807, 2.05) is 0 Å². The van der Waals surface area contributed by atoms with E-state index in [1.165, 1.54) is 0 Å². The molecule has 0 atom stereocenters. The quantitative estimate of drug-likeness (QED) is 0.627. The van der Waals surface area contributed by atoms with E-state index in [9.17, 15) is 0 Å². The molecular formula is C14H32OSi. The molecule has 98 valence electrons. The Labute approximate surface area is 104 Å². The minimum absolute atomic E-state index is 0.0557. The molecule has 0 N–H and O–H groups in total. The Morgan fingerprint density at radius 1 is 1.00 bits per heavy atom. The largest absolute Gasteiger partial charge is 0.379 e. The van der Waals surface area contributed by atoms with Crippen LogP contribution in [-0.4, -0.2) is 19.9 Å². The van der Waals surface area contributed by atoms with Crippen LogP contribution in [0, 0.1) is 5.92 Å². The van der Waals surface area contributed by atoms with Gasteiger partial charge in [-0.2, -0.15) is 0 Å². The first-order valence-corrected chi connectivity index (χ1v) is 9.56. The highest BCUT2D eigenvalue weighted by Crippen LogP contribution is 2.44. The summed E-state index contributed by atoms with van der Waals surface area (Å²) in [7, 11) is -1.43. The van der Waals surface area contributed by atoms with Crippen LogP contribution in [0.5, 0.6) is 0 Å². The van der Waals surface area contributed by atoms with E-state index in [4.69, 9.17) is 4.74 Å². The minimum atomic E-state index is -1.43. The van der Waals surface area contributed by atoms with Gasteiger partial charge in [-0.25, -0.2) is 0 Å². The van der Waals surface area contributed by atoms with Gasteiger partial charge in [0.1, 0.15) is 0 Å². The van der Waals surface area contributed by atoms with Crippen LogP contribution in [0.3, 0.4) is 0 Å². The van der Waals surface area contributed by atoms with Crippen LogP contribution in [-0.2, 0) is 4.74 Å². The van der Waals surface area contributed by atoms with E-state index in [2.05, 4.69) is 61.6 Å². The molecule has 0 aliphatic carbocycles. The zero-order chi connectivity index (χ0) is 13.2. The predicted molar refractivity (Wildman–Crippen MR) is 76.7 cm³/mol. The molecule has 0 bridgehead atoms. The molecule has 0 radical (unpaired) electrons. The van der Waals surface area contributed by atoms with Crippen LogP contribution < -0.4 is 0 Å². The van der Waals surface area contributed by atoms with Crippen molar-refractivity contribution in [1.82, 2.24) is 0 Å². The van der Waals surface area contributed by atoms with Crippen LogP contribution >= 0.6 is 0 Å². The molecule has 2 heteroatoms. The van der Waals surface area contributed by atoms with Gasteiger partial charge in [0.25, 0.3) is 0 Å². The van der Waals surface area contributed by atoms with E-state index >= 15 is 0 Å². The van der Waals surface area contributed by atoms with Gasteiger partial charge in [-0.15, -0.1) is 0 Å². The van der Waals surface area contributed by atoms with Gasteiger partial charge in [0.15, 0.2) is 0 Å². The molecule has 16 heavy (non-hydrogen) atoms. The Bertz CT molecular complexity index is 211. The third-order valence-electron chi connectivity index (χ3n) is 4.54. The van der Waals surface area contributed by atoms with E-state index < -0.39 is 8.07 Å². The van der Waals surface area contributed by atoms with E-state index in [1.54, 1.807) is 0 Å². The third kappa shape index (κ3) is 3.88. The van der Waals surface area contributed by atoms with Crippen molar-refractivity contribution in [2.24, 2.45) is 5.92 Å².